The van der Waals surface area contributed by atoms with Gasteiger partial charge in [0, 0.05) is 42.4 Å². The maximum Gasteiger partial charge on any atom is 0.410 e. The van der Waals surface area contributed by atoms with Gasteiger partial charge >= 0.3 is 6.09 Å². The number of hydrogen-bond donors (Lipinski definition) is 2. The van der Waals surface area contributed by atoms with Crippen LogP contribution >= 0.6 is 11.6 Å². The number of aromatic nitrogens is 3. The molecule has 0 aliphatic carbocycles. The van der Waals surface area contributed by atoms with Crippen LogP contribution in [0.4, 0.5) is 29.6 Å². The number of aromatic amines is 1. The summed E-state index contributed by atoms with van der Waals surface area (Å²) in [5.41, 5.74) is -2.40. The summed E-state index contributed by atoms with van der Waals surface area (Å²) >= 11 is 6.06. The number of anilines is 2. The van der Waals surface area contributed by atoms with E-state index in [4.69, 9.17) is 16.3 Å². The lowest BCUT2D eigenvalue weighted by Gasteiger charge is -2.42. The Morgan fingerprint density at radius 3 is 2.56 bits per heavy atom. The van der Waals surface area contributed by atoms with Crippen molar-refractivity contribution in [2.24, 2.45) is 0 Å². The van der Waals surface area contributed by atoms with Crippen LogP contribution in [0.25, 0.3) is 0 Å². The molecule has 9 nitrogen and oxygen atoms in total. The molecule has 39 heavy (non-hydrogen) atoms. The molecule has 2 aliphatic rings. The van der Waals surface area contributed by atoms with Crippen LogP contribution in [0.5, 0.6) is 0 Å². The normalized spacial score (nSPS) is 19.5. The van der Waals surface area contributed by atoms with Gasteiger partial charge in [-0.25, -0.2) is 22.9 Å². The number of likely N-dealkylation sites (tertiary alicyclic amines) is 1. The molecule has 206 valence electrons. The van der Waals surface area contributed by atoms with E-state index in [-0.39, 0.29) is 59.0 Å². The molecule has 2 N–H and O–H groups in total. The van der Waals surface area contributed by atoms with E-state index < -0.39 is 40.5 Å². The highest BCUT2D eigenvalue weighted by Gasteiger charge is 2.47. The summed E-state index contributed by atoms with van der Waals surface area (Å²) < 4.78 is 51.4. The average Bonchev–Trinajstić information content (AvgIpc) is 3.25. The second-order valence-electron chi connectivity index (χ2n) is 10.8. The largest absolute Gasteiger partial charge is 0.444 e. The molecule has 0 bridgehead atoms. The number of carbonyl (C=O) groups is 2. The second kappa shape index (κ2) is 9.44. The number of benzene rings is 1. The van der Waals surface area contributed by atoms with Crippen LogP contribution in [0.1, 0.15) is 49.2 Å². The number of carbonyl (C=O) groups excluding carboxylic acids is 2. The first-order valence-corrected chi connectivity index (χ1v) is 12.6. The van der Waals surface area contributed by atoms with Crippen molar-refractivity contribution in [3.8, 4) is 0 Å². The Bertz CT molecular complexity index is 1470. The Morgan fingerprint density at radius 2 is 1.92 bits per heavy atom. The lowest BCUT2D eigenvalue weighted by molar-refractivity contribution is 0.0104. The molecule has 1 saturated heterocycles. The number of rotatable bonds is 4. The summed E-state index contributed by atoms with van der Waals surface area (Å²) in [5.74, 6) is -3.57. The number of halogens is 4. The van der Waals surface area contributed by atoms with Crippen LogP contribution in [0.15, 0.2) is 30.6 Å². The minimum atomic E-state index is -1.50. The standard InChI is InChI=1S/C26H26ClF3N6O3/c1-25(2,3)39-24(38)35-10-13(11-35)33-21-20(30)18-14(8-31-21)23(37)36(22-17(28)9-32-34-22)12-26(18,4)15-6-5-7-16(27)19(15)29/h5-9,13H,10-12H2,1-4H3,(H,31,33)(H,32,34)/t26-/m1/s1. The number of amides is 2. The van der Waals surface area contributed by atoms with Crippen molar-refractivity contribution in [2.45, 2.75) is 44.8 Å². The molecule has 13 heteroatoms. The molecule has 3 aromatic rings. The van der Waals surface area contributed by atoms with E-state index in [2.05, 4.69) is 20.5 Å². The maximum absolute atomic E-state index is 16.2. The van der Waals surface area contributed by atoms with E-state index >= 15 is 8.78 Å². The summed E-state index contributed by atoms with van der Waals surface area (Å²) in [6.45, 7) is 7.01. The number of nitrogens with one attached hydrogen (secondary N) is 2. The van der Waals surface area contributed by atoms with E-state index in [1.165, 1.54) is 29.3 Å². The highest BCUT2D eigenvalue weighted by atomic mass is 35.5. The molecule has 5 rings (SSSR count). The number of fused-ring (bicyclic) bond motifs is 1. The van der Waals surface area contributed by atoms with Gasteiger partial charge in [-0.2, -0.15) is 5.10 Å². The van der Waals surface area contributed by atoms with Crippen molar-refractivity contribution >= 4 is 35.2 Å². The van der Waals surface area contributed by atoms with Crippen molar-refractivity contribution in [1.82, 2.24) is 20.1 Å². The van der Waals surface area contributed by atoms with Crippen molar-refractivity contribution < 1.29 is 27.5 Å². The molecule has 2 aromatic heterocycles. The first-order valence-electron chi connectivity index (χ1n) is 12.2. The van der Waals surface area contributed by atoms with Gasteiger partial charge in [0.15, 0.2) is 23.3 Å². The lowest BCUT2D eigenvalue weighted by atomic mass is 9.71. The molecule has 0 radical (unpaired) electrons. The summed E-state index contributed by atoms with van der Waals surface area (Å²) in [6.07, 6.45) is 1.59. The molecular weight excluding hydrogens is 537 g/mol. The number of nitrogens with zero attached hydrogens (tertiary/aromatic N) is 4. The Hall–Kier alpha value is -3.80. The minimum Gasteiger partial charge on any atom is -0.444 e. The molecule has 1 fully saturated rings. The molecule has 0 unspecified atom stereocenters. The zero-order valence-electron chi connectivity index (χ0n) is 21.6. The van der Waals surface area contributed by atoms with Crippen LogP contribution in [0, 0.1) is 17.5 Å². The van der Waals surface area contributed by atoms with Crippen LogP contribution in [-0.4, -0.2) is 63.4 Å². The van der Waals surface area contributed by atoms with Crippen molar-refractivity contribution in [2.75, 3.05) is 29.9 Å². The summed E-state index contributed by atoms with van der Waals surface area (Å²) in [5, 5.41) is 8.85. The molecule has 1 aromatic carbocycles. The van der Waals surface area contributed by atoms with Crippen LogP contribution in [-0.2, 0) is 10.2 Å². The number of hydrogen-bond acceptors (Lipinski definition) is 6. The SMILES string of the molecule is CC(C)(C)OC(=O)N1CC(Nc2ncc3c(c2F)[C@@](C)(c2cccc(Cl)c2F)CN(c2[nH]ncc2F)C3=O)C1. The Balaban J connectivity index is 1.52. The van der Waals surface area contributed by atoms with Gasteiger partial charge in [0.1, 0.15) is 11.4 Å². The average molecular weight is 563 g/mol. The molecule has 2 aliphatic heterocycles. The molecular formula is C26H26ClF3N6O3. The number of pyridine rings is 1. The predicted molar refractivity (Wildman–Crippen MR) is 137 cm³/mol. The van der Waals surface area contributed by atoms with Crippen molar-refractivity contribution in [3.05, 3.63) is 69.8 Å². The Labute approximate surface area is 227 Å². The summed E-state index contributed by atoms with van der Waals surface area (Å²) in [6, 6.07) is 3.98. The van der Waals surface area contributed by atoms with E-state index in [1.807, 2.05) is 0 Å². The number of H-pyrrole nitrogens is 1. The smallest absolute Gasteiger partial charge is 0.410 e. The van der Waals surface area contributed by atoms with Gasteiger partial charge < -0.3 is 15.0 Å². The van der Waals surface area contributed by atoms with Crippen LogP contribution < -0.4 is 10.2 Å². The van der Waals surface area contributed by atoms with E-state index in [0.29, 0.717) is 0 Å². The van der Waals surface area contributed by atoms with E-state index in [9.17, 15) is 14.0 Å². The van der Waals surface area contributed by atoms with E-state index in [0.717, 1.165) is 11.1 Å². The van der Waals surface area contributed by atoms with Crippen molar-refractivity contribution in [1.29, 1.82) is 0 Å². The number of ether oxygens (including phenoxy) is 1. The van der Waals surface area contributed by atoms with Gasteiger partial charge in [0.25, 0.3) is 5.91 Å². The van der Waals surface area contributed by atoms with E-state index in [1.54, 1.807) is 27.7 Å². The highest BCUT2D eigenvalue weighted by Crippen LogP contribution is 2.45. The van der Waals surface area contributed by atoms with Crippen LogP contribution in [0.3, 0.4) is 0 Å². The minimum absolute atomic E-state index is 0.0180. The molecule has 2 amide bonds. The molecule has 1 atom stereocenters. The van der Waals surface area contributed by atoms with Gasteiger partial charge in [0.2, 0.25) is 0 Å². The van der Waals surface area contributed by atoms with Gasteiger partial charge in [0.05, 0.1) is 22.8 Å². The van der Waals surface area contributed by atoms with Crippen LogP contribution in [0.2, 0.25) is 5.02 Å². The highest BCUT2D eigenvalue weighted by molar-refractivity contribution is 6.30. The zero-order valence-corrected chi connectivity index (χ0v) is 22.4. The Morgan fingerprint density at radius 1 is 1.21 bits per heavy atom. The monoisotopic (exact) mass is 562 g/mol. The quantitative estimate of drug-likeness (QED) is 0.470. The topological polar surface area (TPSA) is 103 Å². The second-order valence-corrected chi connectivity index (χ2v) is 11.2. The Kier molecular flexibility index (Phi) is 6.48. The van der Waals surface area contributed by atoms with Gasteiger partial charge in [-0.3, -0.25) is 14.8 Å². The fourth-order valence-electron chi connectivity index (χ4n) is 4.92. The summed E-state index contributed by atoms with van der Waals surface area (Å²) in [7, 11) is 0. The molecule has 0 spiro atoms. The van der Waals surface area contributed by atoms with Gasteiger partial charge in [-0.1, -0.05) is 23.7 Å². The first kappa shape index (κ1) is 26.8. The summed E-state index contributed by atoms with van der Waals surface area (Å²) in [4.78, 5) is 32.3. The van der Waals surface area contributed by atoms with Gasteiger partial charge in [-0.05, 0) is 33.8 Å². The third kappa shape index (κ3) is 4.66. The fourth-order valence-corrected chi connectivity index (χ4v) is 5.10. The first-order chi connectivity index (χ1) is 18.3. The maximum atomic E-state index is 16.2. The fraction of sp³-hybridized carbons (Fsp3) is 0.385. The molecule has 0 saturated carbocycles. The lowest BCUT2D eigenvalue weighted by Crippen LogP contribution is -2.58. The van der Waals surface area contributed by atoms with Gasteiger partial charge in [-0.15, -0.1) is 0 Å². The molecule has 4 heterocycles. The third-order valence-electron chi connectivity index (χ3n) is 6.79. The zero-order chi connectivity index (χ0) is 28.3. The van der Waals surface area contributed by atoms with Crippen molar-refractivity contribution in [3.63, 3.8) is 0 Å². The third-order valence-corrected chi connectivity index (χ3v) is 7.08. The predicted octanol–water partition coefficient (Wildman–Crippen LogP) is 4.87.